The van der Waals surface area contributed by atoms with Crippen LogP contribution in [-0.4, -0.2) is 12.3 Å². The fraction of sp³-hybridized carbons (Fsp3) is 0.300. The number of carbonyl (C=O) groups is 1. The van der Waals surface area contributed by atoms with Gasteiger partial charge in [-0.3, -0.25) is 4.79 Å². The monoisotopic (exact) mass is 271 g/mol. The highest BCUT2D eigenvalue weighted by Gasteiger charge is 2.24. The number of carbonyl (C=O) groups excluding carboxylic acids is 1. The molecule has 0 saturated carbocycles. The minimum absolute atomic E-state index is 0.149. The first kappa shape index (κ1) is 10.1. The number of anilines is 1. The Labute approximate surface area is 94.1 Å². The van der Waals surface area contributed by atoms with E-state index in [1.165, 1.54) is 0 Å². The lowest BCUT2D eigenvalue weighted by atomic mass is 10.1. The third-order valence-corrected chi connectivity index (χ3v) is 3.94. The van der Waals surface area contributed by atoms with Gasteiger partial charge in [0, 0.05) is 18.7 Å². The number of Topliss-reactive ketones (excluding diaryl/α,β-unsaturated/α-hetero) is 1. The Hall–Kier alpha value is -0.400. The molecule has 0 amide bonds. The largest absolute Gasteiger partial charge is 0.355 e. The van der Waals surface area contributed by atoms with Gasteiger partial charge in [-0.2, -0.15) is 0 Å². The van der Waals surface area contributed by atoms with Gasteiger partial charge in [-0.05, 0) is 21.0 Å². The number of para-hydroxylation sites is 1. The number of hydrogen-bond acceptors (Lipinski definition) is 2. The lowest BCUT2D eigenvalue weighted by Crippen LogP contribution is -2.11. The SMILES string of the molecule is O=C1CCN(P)c2ccccc2C1Br. The van der Waals surface area contributed by atoms with Crippen LogP contribution in [0.5, 0.6) is 0 Å². The van der Waals surface area contributed by atoms with E-state index in [1.54, 1.807) is 0 Å². The minimum atomic E-state index is -0.149. The Morgan fingerprint density at radius 3 is 2.93 bits per heavy atom. The van der Waals surface area contributed by atoms with E-state index >= 15 is 0 Å². The molecule has 2 rings (SSSR count). The Morgan fingerprint density at radius 2 is 2.14 bits per heavy atom. The van der Waals surface area contributed by atoms with Gasteiger partial charge in [-0.1, -0.05) is 34.1 Å². The summed E-state index contributed by atoms with van der Waals surface area (Å²) in [5.41, 5.74) is 2.18. The molecule has 0 radical (unpaired) electrons. The van der Waals surface area contributed by atoms with Crippen molar-refractivity contribution >= 4 is 36.8 Å². The first-order valence-electron chi connectivity index (χ1n) is 4.48. The van der Waals surface area contributed by atoms with Crippen LogP contribution in [0.1, 0.15) is 16.8 Å². The number of nitrogens with zero attached hydrogens (tertiary/aromatic N) is 1. The molecule has 0 aromatic heterocycles. The van der Waals surface area contributed by atoms with Crippen molar-refractivity contribution in [3.8, 4) is 0 Å². The van der Waals surface area contributed by atoms with Crippen molar-refractivity contribution in [3.05, 3.63) is 29.8 Å². The van der Waals surface area contributed by atoms with Gasteiger partial charge in [0.1, 0.15) is 4.83 Å². The molecule has 2 unspecified atom stereocenters. The van der Waals surface area contributed by atoms with Crippen molar-refractivity contribution in [2.24, 2.45) is 0 Å². The van der Waals surface area contributed by atoms with Gasteiger partial charge in [-0.25, -0.2) is 0 Å². The van der Waals surface area contributed by atoms with Crippen LogP contribution < -0.4 is 4.67 Å². The molecule has 2 atom stereocenters. The molecule has 14 heavy (non-hydrogen) atoms. The van der Waals surface area contributed by atoms with Gasteiger partial charge in [0.05, 0.1) is 0 Å². The van der Waals surface area contributed by atoms with Crippen molar-refractivity contribution in [3.63, 3.8) is 0 Å². The van der Waals surface area contributed by atoms with Crippen molar-refractivity contribution < 1.29 is 4.79 Å². The summed E-state index contributed by atoms with van der Waals surface area (Å²) in [6.45, 7) is 0.766. The standard InChI is InChI=1S/C10H11BrNOP/c11-10-7-3-1-2-4-8(7)12(14)6-5-9(10)13/h1-4,10H,5-6,14H2. The van der Waals surface area contributed by atoms with E-state index in [9.17, 15) is 4.79 Å². The highest BCUT2D eigenvalue weighted by molar-refractivity contribution is 9.09. The summed E-state index contributed by atoms with van der Waals surface area (Å²) in [6, 6.07) is 7.99. The fourth-order valence-electron chi connectivity index (χ4n) is 1.61. The zero-order chi connectivity index (χ0) is 10.1. The van der Waals surface area contributed by atoms with Crippen molar-refractivity contribution in [1.82, 2.24) is 0 Å². The Kier molecular flexibility index (Phi) is 2.89. The normalized spacial score (nSPS) is 21.7. The summed E-state index contributed by atoms with van der Waals surface area (Å²) in [5, 5.41) is 0. The molecule has 1 aliphatic rings. The van der Waals surface area contributed by atoms with Crippen LogP contribution in [0.4, 0.5) is 5.69 Å². The molecular weight excluding hydrogens is 261 g/mol. The summed E-state index contributed by atoms with van der Waals surface area (Å²) < 4.78 is 2.05. The summed E-state index contributed by atoms with van der Waals surface area (Å²) >= 11 is 3.44. The lowest BCUT2D eigenvalue weighted by molar-refractivity contribution is -0.118. The van der Waals surface area contributed by atoms with Gasteiger partial charge < -0.3 is 4.67 Å². The number of halogens is 1. The van der Waals surface area contributed by atoms with Gasteiger partial charge in [0.25, 0.3) is 0 Å². The maximum Gasteiger partial charge on any atom is 0.152 e. The molecule has 0 spiro atoms. The van der Waals surface area contributed by atoms with Crippen LogP contribution in [0, 0.1) is 0 Å². The van der Waals surface area contributed by atoms with Crippen LogP contribution in [0.2, 0.25) is 0 Å². The first-order chi connectivity index (χ1) is 6.70. The van der Waals surface area contributed by atoms with Crippen molar-refractivity contribution in [1.29, 1.82) is 0 Å². The van der Waals surface area contributed by atoms with Crippen LogP contribution in [0.25, 0.3) is 0 Å². The molecule has 0 aliphatic carbocycles. The number of rotatable bonds is 0. The molecule has 1 heterocycles. The summed E-state index contributed by atoms with van der Waals surface area (Å²) in [6.07, 6.45) is 0.591. The Balaban J connectivity index is 2.51. The molecule has 2 nitrogen and oxygen atoms in total. The third kappa shape index (κ3) is 1.71. The second kappa shape index (κ2) is 4.00. The second-order valence-corrected chi connectivity index (χ2v) is 4.87. The molecule has 0 bridgehead atoms. The molecule has 4 heteroatoms. The summed E-state index contributed by atoms with van der Waals surface area (Å²) in [4.78, 5) is 11.5. The van der Waals surface area contributed by atoms with Gasteiger partial charge in [-0.15, -0.1) is 0 Å². The summed E-state index contributed by atoms with van der Waals surface area (Å²) in [5.74, 6) is 0.252. The van der Waals surface area contributed by atoms with Crippen LogP contribution >= 0.6 is 25.3 Å². The topological polar surface area (TPSA) is 20.3 Å². The zero-order valence-electron chi connectivity index (χ0n) is 7.61. The van der Waals surface area contributed by atoms with Gasteiger partial charge >= 0.3 is 0 Å². The number of fused-ring (bicyclic) bond motifs is 1. The molecule has 1 aromatic rings. The van der Waals surface area contributed by atoms with Crippen LogP contribution in [0.3, 0.4) is 0 Å². The average molecular weight is 272 g/mol. The van der Waals surface area contributed by atoms with E-state index in [0.29, 0.717) is 6.42 Å². The van der Waals surface area contributed by atoms with E-state index < -0.39 is 0 Å². The molecule has 0 saturated heterocycles. The smallest absolute Gasteiger partial charge is 0.152 e. The van der Waals surface area contributed by atoms with E-state index in [2.05, 4.69) is 30.0 Å². The highest BCUT2D eigenvalue weighted by Crippen LogP contribution is 2.37. The lowest BCUT2D eigenvalue weighted by Gasteiger charge is -2.18. The van der Waals surface area contributed by atoms with Crippen LogP contribution in [0.15, 0.2) is 24.3 Å². The summed E-state index contributed by atoms with van der Waals surface area (Å²) in [7, 11) is 2.66. The number of hydrogen-bond donors (Lipinski definition) is 0. The number of alkyl halides is 1. The zero-order valence-corrected chi connectivity index (χ0v) is 10.4. The quantitative estimate of drug-likeness (QED) is 0.534. The molecular formula is C10H11BrNOP. The predicted octanol–water partition coefficient (Wildman–Crippen LogP) is 2.69. The Bertz CT molecular complexity index is 369. The van der Waals surface area contributed by atoms with Gasteiger partial charge in [0.2, 0.25) is 0 Å². The van der Waals surface area contributed by atoms with Crippen molar-refractivity contribution in [2.75, 3.05) is 11.2 Å². The van der Waals surface area contributed by atoms with Crippen molar-refractivity contribution in [2.45, 2.75) is 11.2 Å². The molecule has 1 aromatic carbocycles. The molecule has 74 valence electrons. The minimum Gasteiger partial charge on any atom is -0.355 e. The van der Waals surface area contributed by atoms with E-state index in [0.717, 1.165) is 17.8 Å². The Morgan fingerprint density at radius 1 is 1.43 bits per heavy atom. The van der Waals surface area contributed by atoms with E-state index in [-0.39, 0.29) is 10.6 Å². The van der Waals surface area contributed by atoms with E-state index in [4.69, 9.17) is 0 Å². The highest BCUT2D eigenvalue weighted by atomic mass is 79.9. The third-order valence-electron chi connectivity index (χ3n) is 2.40. The predicted molar refractivity (Wildman–Crippen MR) is 64.8 cm³/mol. The van der Waals surface area contributed by atoms with Crippen LogP contribution in [-0.2, 0) is 4.79 Å². The molecule has 0 fully saturated rings. The fourth-order valence-corrected chi connectivity index (χ4v) is 2.59. The van der Waals surface area contributed by atoms with E-state index in [1.807, 2.05) is 24.3 Å². The van der Waals surface area contributed by atoms with Gasteiger partial charge in [0.15, 0.2) is 5.78 Å². The maximum atomic E-state index is 11.6. The first-order valence-corrected chi connectivity index (χ1v) is 5.91. The maximum absolute atomic E-state index is 11.6. The average Bonchev–Trinajstić information content (AvgIpc) is 2.33. The molecule has 1 aliphatic heterocycles. The number of ketones is 1. The number of benzene rings is 1. The molecule has 0 N–H and O–H groups in total. The second-order valence-electron chi connectivity index (χ2n) is 3.33.